The first-order valence-electron chi connectivity index (χ1n) is 9.18. The summed E-state index contributed by atoms with van der Waals surface area (Å²) < 4.78 is 18.0. The molecule has 0 amide bonds. The molecule has 1 aromatic carbocycles. The van der Waals surface area contributed by atoms with E-state index >= 15 is 0 Å². The molecule has 1 aliphatic rings. The molecule has 2 aromatic rings. The van der Waals surface area contributed by atoms with Crippen molar-refractivity contribution in [1.82, 2.24) is 9.97 Å². The number of hydrogen-bond acceptors (Lipinski definition) is 6. The smallest absolute Gasteiger partial charge is 0.494 e. The van der Waals surface area contributed by atoms with Gasteiger partial charge in [-0.3, -0.25) is 0 Å². The summed E-state index contributed by atoms with van der Waals surface area (Å²) in [5, 5.41) is 0.888. The van der Waals surface area contributed by atoms with Crippen molar-refractivity contribution in [2.24, 2.45) is 0 Å². The standard InChI is InChI=1S/C19H28BN3O3/c1-8-23(9-2)17-21-12-13-14(10-11-15(24-7)16(13)22-17)20-25-18(3,4)19(5,6)26-20/h10-12H,8-9H2,1-7H3. The summed E-state index contributed by atoms with van der Waals surface area (Å²) in [6.07, 6.45) is 1.85. The first kappa shape index (κ1) is 18.9. The third kappa shape index (κ3) is 3.03. The maximum atomic E-state index is 6.22. The lowest BCUT2D eigenvalue weighted by Gasteiger charge is -2.32. The van der Waals surface area contributed by atoms with Gasteiger partial charge in [-0.1, -0.05) is 6.07 Å². The normalized spacial score (nSPS) is 18.3. The molecule has 0 aliphatic carbocycles. The van der Waals surface area contributed by atoms with Crippen LogP contribution < -0.4 is 15.1 Å². The average molecular weight is 357 g/mol. The second kappa shape index (κ2) is 6.70. The van der Waals surface area contributed by atoms with Crippen LogP contribution in [0.4, 0.5) is 5.95 Å². The SMILES string of the molecule is CCN(CC)c1ncc2c(B3OC(C)(C)C(C)(C)O3)ccc(OC)c2n1. The molecule has 0 radical (unpaired) electrons. The van der Waals surface area contributed by atoms with Gasteiger partial charge >= 0.3 is 7.12 Å². The number of benzene rings is 1. The summed E-state index contributed by atoms with van der Waals surface area (Å²) in [4.78, 5) is 11.5. The first-order valence-corrected chi connectivity index (χ1v) is 9.18. The number of methoxy groups -OCH3 is 1. The molecule has 1 fully saturated rings. The first-order chi connectivity index (χ1) is 12.2. The summed E-state index contributed by atoms with van der Waals surface area (Å²) in [5.41, 5.74) is 0.903. The van der Waals surface area contributed by atoms with E-state index in [1.807, 2.05) is 46.0 Å². The Morgan fingerprint density at radius 1 is 1.08 bits per heavy atom. The highest BCUT2D eigenvalue weighted by Gasteiger charge is 2.52. The second-order valence-corrected chi connectivity index (χ2v) is 7.55. The summed E-state index contributed by atoms with van der Waals surface area (Å²) in [6.45, 7) is 14.1. The van der Waals surface area contributed by atoms with E-state index in [1.54, 1.807) is 7.11 Å². The van der Waals surface area contributed by atoms with Gasteiger partial charge in [0.05, 0.1) is 18.3 Å². The van der Waals surface area contributed by atoms with Crippen molar-refractivity contribution in [1.29, 1.82) is 0 Å². The molecule has 1 aliphatic heterocycles. The van der Waals surface area contributed by atoms with Gasteiger partial charge in [0.15, 0.2) is 0 Å². The monoisotopic (exact) mass is 357 g/mol. The van der Waals surface area contributed by atoms with Crippen molar-refractivity contribution in [3.63, 3.8) is 0 Å². The van der Waals surface area contributed by atoms with Crippen molar-refractivity contribution in [2.75, 3.05) is 25.1 Å². The number of hydrogen-bond donors (Lipinski definition) is 0. The van der Waals surface area contributed by atoms with E-state index in [4.69, 9.17) is 19.0 Å². The fourth-order valence-corrected chi connectivity index (χ4v) is 3.10. The van der Waals surface area contributed by atoms with E-state index in [-0.39, 0.29) is 0 Å². The number of anilines is 1. The van der Waals surface area contributed by atoms with E-state index in [9.17, 15) is 0 Å². The number of rotatable bonds is 5. The number of ether oxygens (including phenoxy) is 1. The molecule has 7 heteroatoms. The Kier molecular flexibility index (Phi) is 4.88. The van der Waals surface area contributed by atoms with Gasteiger partial charge in [-0.2, -0.15) is 0 Å². The lowest BCUT2D eigenvalue weighted by Crippen LogP contribution is -2.41. The lowest BCUT2D eigenvalue weighted by atomic mass is 9.77. The fourth-order valence-electron chi connectivity index (χ4n) is 3.10. The van der Waals surface area contributed by atoms with Crippen LogP contribution in [0.1, 0.15) is 41.5 Å². The predicted octanol–water partition coefficient (Wildman–Crippen LogP) is 2.78. The van der Waals surface area contributed by atoms with E-state index in [0.717, 1.165) is 35.2 Å². The Balaban J connectivity index is 2.11. The van der Waals surface area contributed by atoms with Gasteiger partial charge in [0.25, 0.3) is 0 Å². The minimum absolute atomic E-state index is 0.397. The molecule has 0 spiro atoms. The minimum atomic E-state index is -0.462. The van der Waals surface area contributed by atoms with Crippen LogP contribution in [0.15, 0.2) is 18.3 Å². The van der Waals surface area contributed by atoms with Crippen LogP contribution >= 0.6 is 0 Å². The zero-order valence-corrected chi connectivity index (χ0v) is 16.8. The molecule has 1 saturated heterocycles. The molecule has 6 nitrogen and oxygen atoms in total. The van der Waals surface area contributed by atoms with E-state index < -0.39 is 18.3 Å². The highest BCUT2D eigenvalue weighted by Crippen LogP contribution is 2.37. The Morgan fingerprint density at radius 2 is 1.69 bits per heavy atom. The van der Waals surface area contributed by atoms with Crippen LogP contribution in [-0.2, 0) is 9.31 Å². The molecule has 0 unspecified atom stereocenters. The molecule has 0 saturated carbocycles. The van der Waals surface area contributed by atoms with Gasteiger partial charge in [0, 0.05) is 24.7 Å². The minimum Gasteiger partial charge on any atom is -0.494 e. The maximum Gasteiger partial charge on any atom is 0.495 e. The highest BCUT2D eigenvalue weighted by molar-refractivity contribution is 6.65. The third-order valence-corrected chi connectivity index (χ3v) is 5.51. The molecular weight excluding hydrogens is 329 g/mol. The predicted molar refractivity (Wildman–Crippen MR) is 105 cm³/mol. The van der Waals surface area contributed by atoms with Crippen molar-refractivity contribution >= 4 is 29.4 Å². The van der Waals surface area contributed by atoms with Crippen LogP contribution in [0.25, 0.3) is 10.9 Å². The van der Waals surface area contributed by atoms with E-state index in [2.05, 4.69) is 23.7 Å². The Morgan fingerprint density at radius 3 is 2.23 bits per heavy atom. The fraction of sp³-hybridized carbons (Fsp3) is 0.579. The molecule has 0 bridgehead atoms. The summed E-state index contributed by atoms with van der Waals surface area (Å²) >= 11 is 0. The zero-order valence-electron chi connectivity index (χ0n) is 16.8. The summed E-state index contributed by atoms with van der Waals surface area (Å²) in [6, 6.07) is 3.89. The Labute approximate surface area is 156 Å². The topological polar surface area (TPSA) is 56.7 Å². The maximum absolute atomic E-state index is 6.22. The van der Waals surface area contributed by atoms with Crippen LogP contribution in [0.3, 0.4) is 0 Å². The van der Waals surface area contributed by atoms with Gasteiger partial charge in [-0.05, 0) is 53.1 Å². The molecule has 26 heavy (non-hydrogen) atoms. The Hall–Kier alpha value is -1.86. The molecule has 0 N–H and O–H groups in total. The second-order valence-electron chi connectivity index (χ2n) is 7.55. The third-order valence-electron chi connectivity index (χ3n) is 5.51. The average Bonchev–Trinajstić information content (AvgIpc) is 2.82. The van der Waals surface area contributed by atoms with Crippen molar-refractivity contribution in [3.05, 3.63) is 18.3 Å². The van der Waals surface area contributed by atoms with Gasteiger partial charge in [-0.25, -0.2) is 9.97 Å². The van der Waals surface area contributed by atoms with Crippen molar-refractivity contribution in [2.45, 2.75) is 52.7 Å². The van der Waals surface area contributed by atoms with Gasteiger partial charge < -0.3 is 18.9 Å². The number of aromatic nitrogens is 2. The van der Waals surface area contributed by atoms with Crippen LogP contribution in [0.2, 0.25) is 0 Å². The Bertz CT molecular complexity index is 790. The van der Waals surface area contributed by atoms with Gasteiger partial charge in [0.1, 0.15) is 11.3 Å². The number of nitrogens with zero attached hydrogens (tertiary/aromatic N) is 3. The van der Waals surface area contributed by atoms with Crippen molar-refractivity contribution in [3.8, 4) is 5.75 Å². The lowest BCUT2D eigenvalue weighted by molar-refractivity contribution is 0.00578. The zero-order chi connectivity index (χ0) is 19.1. The van der Waals surface area contributed by atoms with Crippen LogP contribution in [-0.4, -0.2) is 48.5 Å². The molecule has 3 rings (SSSR count). The van der Waals surface area contributed by atoms with E-state index in [0.29, 0.717) is 5.95 Å². The molecule has 2 heterocycles. The van der Waals surface area contributed by atoms with Crippen LogP contribution in [0.5, 0.6) is 5.75 Å². The van der Waals surface area contributed by atoms with Crippen molar-refractivity contribution < 1.29 is 14.0 Å². The summed E-state index contributed by atoms with van der Waals surface area (Å²) in [5.74, 6) is 1.42. The molecular formula is C19H28BN3O3. The van der Waals surface area contributed by atoms with Gasteiger partial charge in [-0.15, -0.1) is 0 Å². The highest BCUT2D eigenvalue weighted by atomic mass is 16.7. The molecule has 0 atom stereocenters. The van der Waals surface area contributed by atoms with E-state index in [1.165, 1.54) is 0 Å². The molecule has 140 valence electrons. The summed E-state index contributed by atoms with van der Waals surface area (Å²) in [7, 11) is 1.19. The number of fused-ring (bicyclic) bond motifs is 1. The van der Waals surface area contributed by atoms with Crippen LogP contribution in [0, 0.1) is 0 Å². The largest absolute Gasteiger partial charge is 0.495 e. The quantitative estimate of drug-likeness (QED) is 0.767. The van der Waals surface area contributed by atoms with Gasteiger partial charge in [0.2, 0.25) is 5.95 Å². The molecule has 1 aromatic heterocycles.